The highest BCUT2D eigenvalue weighted by Gasteiger charge is 2.38. The van der Waals surface area contributed by atoms with Gasteiger partial charge in [0.05, 0.1) is 23.1 Å². The zero-order valence-electron chi connectivity index (χ0n) is 39.0. The molecule has 5 fully saturated rings. The Morgan fingerprint density at radius 2 is 1.56 bits per heavy atom. The molecule has 7 heterocycles. The van der Waals surface area contributed by atoms with Crippen molar-refractivity contribution in [2.75, 3.05) is 43.8 Å². The molecule has 360 valence electrons. The van der Waals surface area contributed by atoms with Crippen LogP contribution < -0.4 is 16.4 Å². The first kappa shape index (κ1) is 45.7. The fourth-order valence-electron chi connectivity index (χ4n) is 10.8. The van der Waals surface area contributed by atoms with Crippen LogP contribution in [0.2, 0.25) is 0 Å². The van der Waals surface area contributed by atoms with Gasteiger partial charge < -0.3 is 30.1 Å². The lowest BCUT2D eigenvalue weighted by molar-refractivity contribution is -0.133. The second kappa shape index (κ2) is 18.8. The van der Waals surface area contributed by atoms with E-state index in [-0.39, 0.29) is 59.4 Å². The summed E-state index contributed by atoms with van der Waals surface area (Å²) in [4.78, 5) is 59.6. The smallest absolute Gasteiger partial charge is 0.409 e. The number of ether oxygens (including phenoxy) is 1. The number of halogens is 2. The van der Waals surface area contributed by atoms with E-state index >= 15 is 8.78 Å². The summed E-state index contributed by atoms with van der Waals surface area (Å²) < 4.78 is 44.3. The van der Waals surface area contributed by atoms with Crippen LogP contribution in [0.5, 0.6) is 0 Å². The third-order valence-electron chi connectivity index (χ3n) is 14.8. The van der Waals surface area contributed by atoms with Crippen LogP contribution in [-0.2, 0) is 19.9 Å². The number of piperidine rings is 3. The fraction of sp³-hybridized carbons (Fsp3) is 0.571. The Morgan fingerprint density at radius 3 is 2.22 bits per heavy atom. The molecule has 68 heavy (non-hydrogen) atoms. The molecule has 4 aromatic heterocycles. The quantitative estimate of drug-likeness (QED) is 0.108. The highest BCUT2D eigenvalue weighted by molar-refractivity contribution is 6.02. The molecule has 5 aromatic rings. The molecule has 0 spiro atoms. The number of hydrogen-bond donors (Lipinski definition) is 3. The minimum absolute atomic E-state index is 0.113. The summed E-state index contributed by atoms with van der Waals surface area (Å²) in [5.41, 5.74) is 9.74. The summed E-state index contributed by atoms with van der Waals surface area (Å²) in [6.07, 6.45) is 15.3. The number of likely N-dealkylation sites (tertiary alicyclic amines) is 2. The van der Waals surface area contributed by atoms with Gasteiger partial charge in [-0.2, -0.15) is 5.10 Å². The maximum atomic E-state index is 15.3. The summed E-state index contributed by atoms with van der Waals surface area (Å²) in [6, 6.07) is 2.24. The first-order chi connectivity index (χ1) is 32.8. The van der Waals surface area contributed by atoms with Gasteiger partial charge in [-0.25, -0.2) is 38.2 Å². The first-order valence-electron chi connectivity index (χ1n) is 24.4. The van der Waals surface area contributed by atoms with Gasteiger partial charge in [-0.1, -0.05) is 5.16 Å². The number of aromatic nitrogens is 7. The van der Waals surface area contributed by atoms with Crippen molar-refractivity contribution in [3.8, 4) is 22.8 Å². The van der Waals surface area contributed by atoms with E-state index in [0.717, 1.165) is 82.2 Å². The molecule has 5 aliphatic rings. The van der Waals surface area contributed by atoms with Gasteiger partial charge in [-0.05, 0) is 146 Å². The molecular weight excluding hydrogens is 875 g/mol. The molecule has 1 aromatic carbocycles. The number of benzene rings is 1. The van der Waals surface area contributed by atoms with Gasteiger partial charge in [-0.3, -0.25) is 14.9 Å². The summed E-state index contributed by atoms with van der Waals surface area (Å²) in [5, 5.41) is 15.2. The van der Waals surface area contributed by atoms with Crippen molar-refractivity contribution >= 4 is 40.4 Å². The van der Waals surface area contributed by atoms with Crippen molar-refractivity contribution in [2.45, 2.75) is 140 Å². The number of nitrogens with two attached hydrogens (primary N) is 1. The van der Waals surface area contributed by atoms with E-state index in [2.05, 4.69) is 30.7 Å². The van der Waals surface area contributed by atoms with Crippen molar-refractivity contribution < 1.29 is 32.4 Å². The monoisotopic (exact) mass is 934 g/mol. The van der Waals surface area contributed by atoms with Crippen LogP contribution in [0.25, 0.3) is 33.8 Å². The van der Waals surface area contributed by atoms with E-state index in [1.54, 1.807) is 4.90 Å². The van der Waals surface area contributed by atoms with Crippen molar-refractivity contribution in [3.63, 3.8) is 0 Å². The number of rotatable bonds is 11. The Morgan fingerprint density at radius 1 is 0.868 bits per heavy atom. The van der Waals surface area contributed by atoms with E-state index in [4.69, 9.17) is 30.1 Å². The van der Waals surface area contributed by atoms with E-state index in [1.165, 1.54) is 18.5 Å². The number of fused-ring (bicyclic) bond motifs is 1. The molecule has 0 bridgehead atoms. The number of nitrogens with zero attached hydrogens (tertiary/aromatic N) is 9. The first-order valence-corrected chi connectivity index (χ1v) is 24.4. The maximum absolute atomic E-state index is 15.3. The lowest BCUT2D eigenvalue weighted by atomic mass is 9.82. The Bertz CT molecular complexity index is 2650. The third kappa shape index (κ3) is 9.37. The Labute approximate surface area is 393 Å². The number of imide groups is 1. The van der Waals surface area contributed by atoms with Crippen LogP contribution in [-0.4, -0.2) is 107 Å². The van der Waals surface area contributed by atoms with Crippen LogP contribution in [0.1, 0.15) is 139 Å². The molecule has 10 rings (SSSR count). The highest BCUT2D eigenvalue weighted by atomic mass is 19.1. The van der Waals surface area contributed by atoms with Gasteiger partial charge in [-0.15, -0.1) is 0 Å². The lowest BCUT2D eigenvalue weighted by Gasteiger charge is -2.41. The van der Waals surface area contributed by atoms with Crippen LogP contribution in [0, 0.1) is 17.6 Å². The highest BCUT2D eigenvalue weighted by Crippen LogP contribution is 2.48. The van der Waals surface area contributed by atoms with Crippen LogP contribution in [0.15, 0.2) is 35.4 Å². The van der Waals surface area contributed by atoms with E-state index in [1.807, 2.05) is 37.8 Å². The average Bonchev–Trinajstić information content (AvgIpc) is 3.94. The molecule has 0 radical (unpaired) electrons. The number of hydrogen-bond acceptors (Lipinski definition) is 14. The number of carbonyl (C=O) groups excluding carboxylic acids is 3. The Balaban J connectivity index is 0.669. The zero-order chi connectivity index (χ0) is 47.3. The second-order valence-corrected chi connectivity index (χ2v) is 20.4. The fourth-order valence-corrected chi connectivity index (χ4v) is 10.8. The lowest BCUT2D eigenvalue weighted by Crippen LogP contribution is -2.47. The number of anilines is 2. The molecule has 19 heteroatoms. The molecular formula is C49H60F2N12O5. The van der Waals surface area contributed by atoms with Crippen molar-refractivity contribution in [1.82, 2.24) is 50.0 Å². The number of nitrogens with one attached hydrogen (secondary N) is 2. The minimum atomic E-state index is -0.712. The summed E-state index contributed by atoms with van der Waals surface area (Å²) >= 11 is 0. The third-order valence-corrected chi connectivity index (χ3v) is 14.8. The van der Waals surface area contributed by atoms with Gasteiger partial charge in [0, 0.05) is 55.1 Å². The molecule has 3 amide bonds. The summed E-state index contributed by atoms with van der Waals surface area (Å²) in [7, 11) is 0. The van der Waals surface area contributed by atoms with E-state index in [0.29, 0.717) is 84.1 Å². The van der Waals surface area contributed by atoms with Gasteiger partial charge in [0.2, 0.25) is 11.8 Å². The van der Waals surface area contributed by atoms with Gasteiger partial charge in [0.1, 0.15) is 41.2 Å². The van der Waals surface area contributed by atoms with Crippen LogP contribution in [0.4, 0.5) is 25.1 Å². The zero-order valence-corrected chi connectivity index (χ0v) is 39.0. The SMILES string of the molecule is CC(C)(C)n1nc(-c2noc(C3CC3)c2-c2ncc(C3CCN(C(=O)OCCC4CCC(N5CCC(c6c(F)cc(NC7CCC(=O)NC7=O)cc6F)CC5)CC4)CC3)cn2)c2c(N)ncnc21. The molecule has 3 aliphatic heterocycles. The molecule has 4 N–H and O–H groups in total. The van der Waals surface area contributed by atoms with E-state index in [9.17, 15) is 14.4 Å². The molecule has 2 aliphatic carbocycles. The van der Waals surface area contributed by atoms with Gasteiger partial charge >= 0.3 is 6.09 Å². The molecule has 3 saturated heterocycles. The second-order valence-electron chi connectivity index (χ2n) is 20.4. The van der Waals surface area contributed by atoms with Crippen molar-refractivity contribution in [1.29, 1.82) is 0 Å². The predicted octanol–water partition coefficient (Wildman–Crippen LogP) is 7.79. The van der Waals surface area contributed by atoms with Crippen LogP contribution >= 0.6 is 0 Å². The van der Waals surface area contributed by atoms with Crippen molar-refractivity contribution in [2.24, 2.45) is 5.92 Å². The minimum Gasteiger partial charge on any atom is -0.449 e. The number of amides is 3. The number of carbonyl (C=O) groups is 3. The average molecular weight is 935 g/mol. The largest absolute Gasteiger partial charge is 0.449 e. The molecule has 2 saturated carbocycles. The van der Waals surface area contributed by atoms with Crippen molar-refractivity contribution in [3.05, 3.63) is 59.4 Å². The Kier molecular flexibility index (Phi) is 12.6. The molecule has 17 nitrogen and oxygen atoms in total. The normalized spacial score (nSPS) is 22.4. The topological polar surface area (TPSA) is 212 Å². The molecule has 1 atom stereocenters. The maximum Gasteiger partial charge on any atom is 0.409 e. The van der Waals surface area contributed by atoms with Gasteiger partial charge in [0.25, 0.3) is 0 Å². The summed E-state index contributed by atoms with van der Waals surface area (Å²) in [5.74, 6) is 0.225. The summed E-state index contributed by atoms with van der Waals surface area (Å²) in [6.45, 7) is 9.29. The molecule has 1 unspecified atom stereocenters. The standard InChI is InChI=1S/C49H60F2N12O5/c1-49(2,3)63-46-40(44(52)55-26-56-46)41(59-63)42-39(43(68-60-42)30-6-7-30)45-53-24-31(25-54-45)28-12-19-62(20-13-28)48(66)67-21-16-27-4-8-33(9-5-27)61-17-14-29(15-18-61)38-34(50)22-32(23-35(38)51)57-36-10-11-37(64)58-47(36)65/h22-30,33,36,57H,4-21H2,1-3H3,(H2,52,55,56)(H,58,64,65). The van der Waals surface area contributed by atoms with Gasteiger partial charge in [0.15, 0.2) is 17.2 Å². The number of nitrogen functional groups attached to an aromatic ring is 1. The van der Waals surface area contributed by atoms with Crippen LogP contribution in [0.3, 0.4) is 0 Å². The predicted molar refractivity (Wildman–Crippen MR) is 248 cm³/mol. The van der Waals surface area contributed by atoms with E-state index < -0.39 is 23.6 Å². The Hall–Kier alpha value is -6.11.